The molecule has 1 unspecified atom stereocenters. The van der Waals surface area contributed by atoms with E-state index in [1.54, 1.807) is 0 Å². The van der Waals surface area contributed by atoms with Gasteiger partial charge in [0.2, 0.25) is 0 Å². The molecular formula is C28H41N3O4. The molecule has 0 bridgehead atoms. The van der Waals surface area contributed by atoms with Crippen molar-refractivity contribution in [1.82, 2.24) is 5.32 Å². The van der Waals surface area contributed by atoms with Crippen LogP contribution < -0.4 is 16.0 Å². The third-order valence-electron chi connectivity index (χ3n) is 6.61. The van der Waals surface area contributed by atoms with Crippen LogP contribution in [0.5, 0.6) is 0 Å². The number of amides is 1. The average molecular weight is 484 g/mol. The number of carbonyl (C=O) groups excluding carboxylic acids is 1. The minimum atomic E-state index is -0.818. The molecular weight excluding hydrogens is 442 g/mol. The molecule has 2 aromatic carbocycles. The first kappa shape index (κ1) is 26.8. The average Bonchev–Trinajstić information content (AvgIpc) is 3.32. The van der Waals surface area contributed by atoms with E-state index in [-0.39, 0.29) is 6.61 Å². The highest BCUT2D eigenvalue weighted by atomic mass is 16.6. The standard InChI is InChI=1S/C28H41N3O4/c1-4-28(15-8-16-35-28)20-34-27(33)30-25(17-22-9-6-5-7-10-22)26(32)19-31(18-21(2)3)24-13-11-23(29)12-14-24/h5-7,9-14,21,25-26,32H,4,8,15-20,29H2,1-3H3,(H,30,33)/t25-,26+,28?/m0/s1. The number of nitrogens with one attached hydrogen (secondary N) is 1. The molecule has 4 N–H and O–H groups in total. The molecule has 0 spiro atoms. The van der Waals surface area contributed by atoms with Crippen LogP contribution in [-0.2, 0) is 15.9 Å². The summed E-state index contributed by atoms with van der Waals surface area (Å²) in [5, 5.41) is 14.3. The highest BCUT2D eigenvalue weighted by molar-refractivity contribution is 5.68. The summed E-state index contributed by atoms with van der Waals surface area (Å²) in [7, 11) is 0. The molecule has 3 rings (SSSR count). The smallest absolute Gasteiger partial charge is 0.407 e. The number of hydrogen-bond donors (Lipinski definition) is 3. The fraction of sp³-hybridized carbons (Fsp3) is 0.536. The number of ether oxygens (including phenoxy) is 2. The molecule has 0 aromatic heterocycles. The summed E-state index contributed by atoms with van der Waals surface area (Å²) in [5.41, 5.74) is 8.19. The number of anilines is 2. The van der Waals surface area contributed by atoms with Gasteiger partial charge in [0.15, 0.2) is 0 Å². The molecule has 0 saturated carbocycles. The largest absolute Gasteiger partial charge is 0.446 e. The molecule has 0 aliphatic carbocycles. The highest BCUT2D eigenvalue weighted by Crippen LogP contribution is 2.29. The first-order valence-corrected chi connectivity index (χ1v) is 12.7. The molecule has 2 aromatic rings. The molecule has 3 atom stereocenters. The van der Waals surface area contributed by atoms with E-state index < -0.39 is 23.8 Å². The van der Waals surface area contributed by atoms with Gasteiger partial charge in [0, 0.05) is 31.1 Å². The van der Waals surface area contributed by atoms with Gasteiger partial charge >= 0.3 is 6.09 Å². The Labute approximate surface area is 209 Å². The monoisotopic (exact) mass is 483 g/mol. The number of rotatable bonds is 12. The number of hydrogen-bond acceptors (Lipinski definition) is 6. The van der Waals surface area contributed by atoms with Gasteiger partial charge in [0.25, 0.3) is 0 Å². The Morgan fingerprint density at radius 3 is 2.49 bits per heavy atom. The molecule has 0 radical (unpaired) electrons. The van der Waals surface area contributed by atoms with Crippen molar-refractivity contribution in [2.24, 2.45) is 5.92 Å². The molecule has 35 heavy (non-hydrogen) atoms. The maximum Gasteiger partial charge on any atom is 0.407 e. The number of nitrogen functional groups attached to an aromatic ring is 1. The van der Waals surface area contributed by atoms with Crippen LogP contribution in [0.4, 0.5) is 16.2 Å². The van der Waals surface area contributed by atoms with Gasteiger partial charge in [-0.25, -0.2) is 4.79 Å². The summed E-state index contributed by atoms with van der Waals surface area (Å²) in [6.07, 6.45) is 1.80. The Kier molecular flexibility index (Phi) is 9.81. The second-order valence-corrected chi connectivity index (χ2v) is 9.96. The number of nitrogens with two attached hydrogens (primary N) is 1. The van der Waals surface area contributed by atoms with Crippen molar-refractivity contribution in [3.63, 3.8) is 0 Å². The topological polar surface area (TPSA) is 97.1 Å². The fourth-order valence-electron chi connectivity index (χ4n) is 4.56. The van der Waals surface area contributed by atoms with E-state index in [1.165, 1.54) is 0 Å². The quantitative estimate of drug-likeness (QED) is 0.388. The predicted molar refractivity (Wildman–Crippen MR) is 141 cm³/mol. The minimum absolute atomic E-state index is 0.217. The zero-order chi connectivity index (χ0) is 25.3. The van der Waals surface area contributed by atoms with Crippen LogP contribution in [-0.4, -0.2) is 55.2 Å². The van der Waals surface area contributed by atoms with Gasteiger partial charge in [-0.2, -0.15) is 0 Å². The minimum Gasteiger partial charge on any atom is -0.446 e. The normalized spacial score (nSPS) is 19.3. The van der Waals surface area contributed by atoms with Crippen molar-refractivity contribution in [2.75, 3.05) is 36.9 Å². The zero-order valence-electron chi connectivity index (χ0n) is 21.3. The number of carbonyl (C=O) groups is 1. The van der Waals surface area contributed by atoms with Crippen LogP contribution >= 0.6 is 0 Å². The molecule has 1 fully saturated rings. The fourth-order valence-corrected chi connectivity index (χ4v) is 4.56. The molecule has 7 nitrogen and oxygen atoms in total. The number of aliphatic hydroxyl groups is 1. The summed E-state index contributed by atoms with van der Waals surface area (Å²) in [6, 6.07) is 17.0. The summed E-state index contributed by atoms with van der Waals surface area (Å²) >= 11 is 0. The SMILES string of the molecule is CCC1(COC(=O)N[C@@H](Cc2ccccc2)[C@H](O)CN(CC(C)C)c2ccc(N)cc2)CCCO1. The lowest BCUT2D eigenvalue weighted by Gasteiger charge is -2.33. The maximum atomic E-state index is 12.8. The number of benzene rings is 2. The Bertz CT molecular complexity index is 898. The third kappa shape index (κ3) is 8.15. The van der Waals surface area contributed by atoms with E-state index in [9.17, 15) is 9.90 Å². The zero-order valence-corrected chi connectivity index (χ0v) is 21.3. The van der Waals surface area contributed by atoms with Crippen molar-refractivity contribution < 1.29 is 19.4 Å². The van der Waals surface area contributed by atoms with Gasteiger partial charge in [-0.1, -0.05) is 51.1 Å². The van der Waals surface area contributed by atoms with Crippen molar-refractivity contribution in [2.45, 2.75) is 64.2 Å². The molecule has 1 aliphatic rings. The molecule has 7 heteroatoms. The van der Waals surface area contributed by atoms with E-state index in [0.29, 0.717) is 31.2 Å². The third-order valence-corrected chi connectivity index (χ3v) is 6.61. The summed E-state index contributed by atoms with van der Waals surface area (Å²) in [6.45, 7) is 8.38. The number of alkyl carbamates (subject to hydrolysis) is 1. The Hall–Kier alpha value is -2.77. The van der Waals surface area contributed by atoms with Crippen molar-refractivity contribution in [3.05, 3.63) is 60.2 Å². The van der Waals surface area contributed by atoms with E-state index in [2.05, 4.69) is 31.0 Å². The van der Waals surface area contributed by atoms with E-state index in [1.807, 2.05) is 54.6 Å². The first-order valence-electron chi connectivity index (χ1n) is 12.7. The lowest BCUT2D eigenvalue weighted by Crippen LogP contribution is -2.51. The van der Waals surface area contributed by atoms with Gasteiger partial charge < -0.3 is 30.5 Å². The molecule has 1 saturated heterocycles. The first-order chi connectivity index (χ1) is 16.8. The molecule has 192 valence electrons. The predicted octanol–water partition coefficient (Wildman–Crippen LogP) is 4.39. The Morgan fingerprint density at radius 1 is 1.17 bits per heavy atom. The second-order valence-electron chi connectivity index (χ2n) is 9.96. The van der Waals surface area contributed by atoms with Crippen LogP contribution in [0.25, 0.3) is 0 Å². The Balaban J connectivity index is 1.71. The van der Waals surface area contributed by atoms with Crippen LogP contribution in [0.15, 0.2) is 54.6 Å². The second kappa shape index (κ2) is 12.8. The Morgan fingerprint density at radius 2 is 1.89 bits per heavy atom. The van der Waals surface area contributed by atoms with Crippen molar-refractivity contribution >= 4 is 17.5 Å². The summed E-state index contributed by atoms with van der Waals surface area (Å²) < 4.78 is 11.5. The van der Waals surface area contributed by atoms with Crippen LogP contribution in [0.2, 0.25) is 0 Å². The van der Waals surface area contributed by atoms with Crippen LogP contribution in [0.1, 0.15) is 45.6 Å². The number of nitrogens with zero attached hydrogens (tertiary/aromatic N) is 1. The lowest BCUT2D eigenvalue weighted by atomic mass is 9.98. The van der Waals surface area contributed by atoms with E-state index >= 15 is 0 Å². The van der Waals surface area contributed by atoms with Crippen molar-refractivity contribution in [1.29, 1.82) is 0 Å². The molecule has 1 heterocycles. The molecule has 1 amide bonds. The van der Waals surface area contributed by atoms with E-state index in [4.69, 9.17) is 15.2 Å². The van der Waals surface area contributed by atoms with Gasteiger partial charge in [-0.05, 0) is 61.4 Å². The highest BCUT2D eigenvalue weighted by Gasteiger charge is 2.35. The van der Waals surface area contributed by atoms with Gasteiger partial charge in [0.1, 0.15) is 12.2 Å². The summed E-state index contributed by atoms with van der Waals surface area (Å²) in [4.78, 5) is 14.9. The van der Waals surface area contributed by atoms with E-state index in [0.717, 1.165) is 37.1 Å². The van der Waals surface area contributed by atoms with Crippen LogP contribution in [0.3, 0.4) is 0 Å². The van der Waals surface area contributed by atoms with Crippen molar-refractivity contribution in [3.8, 4) is 0 Å². The van der Waals surface area contributed by atoms with Crippen LogP contribution in [0, 0.1) is 5.92 Å². The van der Waals surface area contributed by atoms with Gasteiger partial charge in [0.05, 0.1) is 12.1 Å². The summed E-state index contributed by atoms with van der Waals surface area (Å²) in [5.74, 6) is 0.391. The number of aliphatic hydroxyl groups excluding tert-OH is 1. The lowest BCUT2D eigenvalue weighted by molar-refractivity contribution is -0.0462. The maximum absolute atomic E-state index is 12.8. The van der Waals surface area contributed by atoms with Gasteiger partial charge in [-0.15, -0.1) is 0 Å². The molecule has 1 aliphatic heterocycles. The van der Waals surface area contributed by atoms with Gasteiger partial charge in [-0.3, -0.25) is 0 Å².